The van der Waals surface area contributed by atoms with Gasteiger partial charge in [0.2, 0.25) is 0 Å². The fourth-order valence-electron chi connectivity index (χ4n) is 1.90. The summed E-state index contributed by atoms with van der Waals surface area (Å²) in [5.41, 5.74) is 0. The summed E-state index contributed by atoms with van der Waals surface area (Å²) >= 11 is 3.56. The molecule has 0 aromatic carbocycles. The molecule has 0 aliphatic rings. The molecule has 2 aromatic rings. The number of hydrogen-bond donors (Lipinski definition) is 0. The lowest BCUT2D eigenvalue weighted by Crippen LogP contribution is -1.67. The van der Waals surface area contributed by atoms with E-state index in [9.17, 15) is 0 Å². The topological polar surface area (TPSA) is 0 Å². The first kappa shape index (κ1) is 16.9. The van der Waals surface area contributed by atoms with E-state index in [1.165, 1.54) is 35.4 Å². The third-order valence-electron chi connectivity index (χ3n) is 3.19. The van der Waals surface area contributed by atoms with Crippen LogP contribution in [0.15, 0.2) is 24.3 Å². The van der Waals surface area contributed by atoms with Crippen LogP contribution in [0.2, 0.25) is 0 Å². The molecule has 0 saturated carbocycles. The molecular formula is C20H22S2. The number of thiophene rings is 2. The maximum Gasteiger partial charge on any atom is 0.0775 e. The highest BCUT2D eigenvalue weighted by Gasteiger charge is 2.04. The molecule has 0 N–H and O–H groups in total. The van der Waals surface area contributed by atoms with Crippen LogP contribution >= 0.6 is 22.7 Å². The summed E-state index contributed by atoms with van der Waals surface area (Å²) < 4.78 is 0. The van der Waals surface area contributed by atoms with Gasteiger partial charge in [0, 0.05) is 22.6 Å². The average molecular weight is 327 g/mol. The highest BCUT2D eigenvalue weighted by Crippen LogP contribution is 2.33. The van der Waals surface area contributed by atoms with Gasteiger partial charge in [-0.25, -0.2) is 0 Å². The van der Waals surface area contributed by atoms with Crippen molar-refractivity contribution in [2.24, 2.45) is 0 Å². The quantitative estimate of drug-likeness (QED) is 0.431. The van der Waals surface area contributed by atoms with Gasteiger partial charge in [0.05, 0.1) is 9.75 Å². The molecule has 0 nitrogen and oxygen atoms in total. The zero-order valence-corrected chi connectivity index (χ0v) is 15.0. The summed E-state index contributed by atoms with van der Waals surface area (Å²) in [6.07, 6.45) is 6.80. The molecule has 0 amide bonds. The Balaban J connectivity index is 1.99. The lowest BCUT2D eigenvalue weighted by atomic mass is 10.2. The van der Waals surface area contributed by atoms with Crippen LogP contribution < -0.4 is 0 Å². The van der Waals surface area contributed by atoms with Crippen molar-refractivity contribution in [3.05, 3.63) is 34.0 Å². The van der Waals surface area contributed by atoms with Gasteiger partial charge in [-0.3, -0.25) is 0 Å². The Kier molecular flexibility index (Phi) is 7.31. The first-order valence-corrected chi connectivity index (χ1v) is 9.64. The smallest absolute Gasteiger partial charge is 0.0775 e. The molecular weight excluding hydrogens is 304 g/mol. The van der Waals surface area contributed by atoms with Gasteiger partial charge in [-0.05, 0) is 37.1 Å². The van der Waals surface area contributed by atoms with Gasteiger partial charge in [-0.15, -0.1) is 22.7 Å². The van der Waals surface area contributed by atoms with Crippen LogP contribution in [0.25, 0.3) is 9.75 Å². The Bertz CT molecular complexity index is 633. The molecule has 0 atom stereocenters. The SMILES string of the molecule is CCCCC#Cc1ccc(-c2ccc(C#CCCCC)s2)s1. The van der Waals surface area contributed by atoms with E-state index in [0.29, 0.717) is 0 Å². The van der Waals surface area contributed by atoms with E-state index in [0.717, 1.165) is 22.6 Å². The monoisotopic (exact) mass is 326 g/mol. The van der Waals surface area contributed by atoms with E-state index in [4.69, 9.17) is 0 Å². The van der Waals surface area contributed by atoms with Crippen molar-refractivity contribution in [2.75, 3.05) is 0 Å². The summed E-state index contributed by atoms with van der Waals surface area (Å²) in [7, 11) is 0. The van der Waals surface area contributed by atoms with Gasteiger partial charge in [-0.2, -0.15) is 0 Å². The van der Waals surface area contributed by atoms with Gasteiger partial charge in [-0.1, -0.05) is 50.4 Å². The average Bonchev–Trinajstić information content (AvgIpc) is 3.17. The minimum absolute atomic E-state index is 1.00. The summed E-state index contributed by atoms with van der Waals surface area (Å²) in [6, 6.07) is 8.61. The van der Waals surface area contributed by atoms with Crippen LogP contribution in [0.3, 0.4) is 0 Å². The third-order valence-corrected chi connectivity index (χ3v) is 5.39. The molecule has 0 bridgehead atoms. The highest BCUT2D eigenvalue weighted by molar-refractivity contribution is 7.22. The van der Waals surface area contributed by atoms with Crippen molar-refractivity contribution in [3.8, 4) is 33.4 Å². The minimum atomic E-state index is 1.00. The first-order valence-electron chi connectivity index (χ1n) is 8.01. The minimum Gasteiger partial charge on any atom is -0.126 e. The Morgan fingerprint density at radius 3 is 1.59 bits per heavy atom. The molecule has 22 heavy (non-hydrogen) atoms. The van der Waals surface area contributed by atoms with E-state index < -0.39 is 0 Å². The van der Waals surface area contributed by atoms with Crippen molar-refractivity contribution in [2.45, 2.75) is 52.4 Å². The predicted octanol–water partition coefficient (Wildman–Crippen LogP) is 6.56. The second-order valence-electron chi connectivity index (χ2n) is 5.14. The molecule has 2 aromatic heterocycles. The fourth-order valence-corrected chi connectivity index (χ4v) is 3.76. The van der Waals surface area contributed by atoms with E-state index in [2.05, 4.69) is 61.8 Å². The Labute approximate surface area is 142 Å². The van der Waals surface area contributed by atoms with Crippen molar-refractivity contribution < 1.29 is 0 Å². The summed E-state index contributed by atoms with van der Waals surface area (Å²) in [6.45, 7) is 4.40. The zero-order chi connectivity index (χ0) is 15.6. The summed E-state index contributed by atoms with van der Waals surface area (Å²) in [4.78, 5) is 4.92. The zero-order valence-electron chi connectivity index (χ0n) is 13.4. The van der Waals surface area contributed by atoms with Crippen molar-refractivity contribution in [3.63, 3.8) is 0 Å². The number of rotatable bonds is 5. The molecule has 114 valence electrons. The third kappa shape index (κ3) is 5.38. The van der Waals surface area contributed by atoms with Crippen LogP contribution in [0, 0.1) is 23.7 Å². The van der Waals surface area contributed by atoms with Crippen molar-refractivity contribution in [1.29, 1.82) is 0 Å². The molecule has 0 fully saturated rings. The molecule has 0 aliphatic carbocycles. The van der Waals surface area contributed by atoms with Crippen LogP contribution in [0.5, 0.6) is 0 Å². The van der Waals surface area contributed by atoms with E-state index in [1.807, 2.05) is 0 Å². The van der Waals surface area contributed by atoms with Crippen LogP contribution in [0.4, 0.5) is 0 Å². The summed E-state index contributed by atoms with van der Waals surface area (Å²) in [5, 5.41) is 0. The van der Waals surface area contributed by atoms with E-state index in [1.54, 1.807) is 22.7 Å². The van der Waals surface area contributed by atoms with Gasteiger partial charge >= 0.3 is 0 Å². The second kappa shape index (κ2) is 9.52. The van der Waals surface area contributed by atoms with Crippen molar-refractivity contribution in [1.82, 2.24) is 0 Å². The number of hydrogen-bond acceptors (Lipinski definition) is 2. The first-order chi connectivity index (χ1) is 10.8. The molecule has 2 heteroatoms. The van der Waals surface area contributed by atoms with E-state index in [-0.39, 0.29) is 0 Å². The van der Waals surface area contributed by atoms with Crippen LogP contribution in [0.1, 0.15) is 62.1 Å². The van der Waals surface area contributed by atoms with Crippen molar-refractivity contribution >= 4 is 22.7 Å². The van der Waals surface area contributed by atoms with Crippen LogP contribution in [-0.2, 0) is 0 Å². The maximum absolute atomic E-state index is 3.27. The van der Waals surface area contributed by atoms with Gasteiger partial charge in [0.1, 0.15) is 0 Å². The molecule has 2 rings (SSSR count). The Morgan fingerprint density at radius 1 is 0.727 bits per heavy atom. The predicted molar refractivity (Wildman–Crippen MR) is 100 cm³/mol. The molecule has 0 saturated heterocycles. The lowest BCUT2D eigenvalue weighted by molar-refractivity contribution is 0.828. The van der Waals surface area contributed by atoms with E-state index >= 15 is 0 Å². The normalized spacial score (nSPS) is 9.73. The largest absolute Gasteiger partial charge is 0.126 e. The standard InChI is InChI=1S/C20H22S2/c1-3-5-7-9-11-17-13-15-19(21-17)20-16-14-18(22-20)12-10-8-6-4-2/h13-16H,3-8H2,1-2H3. The molecule has 0 radical (unpaired) electrons. The van der Waals surface area contributed by atoms with Gasteiger partial charge < -0.3 is 0 Å². The van der Waals surface area contributed by atoms with Crippen LogP contribution in [-0.4, -0.2) is 0 Å². The van der Waals surface area contributed by atoms with Gasteiger partial charge in [0.25, 0.3) is 0 Å². The molecule has 0 spiro atoms. The molecule has 2 heterocycles. The second-order valence-corrected chi connectivity index (χ2v) is 7.31. The Hall–Kier alpha value is -1.48. The fraction of sp³-hybridized carbons (Fsp3) is 0.400. The molecule has 0 unspecified atom stereocenters. The lowest BCUT2D eigenvalue weighted by Gasteiger charge is -1.87. The maximum atomic E-state index is 3.27. The summed E-state index contributed by atoms with van der Waals surface area (Å²) in [5.74, 6) is 13.0. The highest BCUT2D eigenvalue weighted by atomic mass is 32.1. The Morgan fingerprint density at radius 2 is 1.18 bits per heavy atom. The number of unbranched alkanes of at least 4 members (excludes halogenated alkanes) is 4. The molecule has 0 aliphatic heterocycles. The van der Waals surface area contributed by atoms with Gasteiger partial charge in [0.15, 0.2) is 0 Å².